The molecule has 5 rings (SSSR count). The van der Waals surface area contributed by atoms with Gasteiger partial charge in [-0.05, 0) is 37.1 Å². The highest BCUT2D eigenvalue weighted by molar-refractivity contribution is 7.16. The number of benzene rings is 1. The van der Waals surface area contributed by atoms with E-state index in [9.17, 15) is 4.79 Å². The van der Waals surface area contributed by atoms with Crippen molar-refractivity contribution in [1.29, 1.82) is 0 Å². The first-order valence-electron chi connectivity index (χ1n) is 9.63. The average Bonchev–Trinajstić information content (AvgIpc) is 3.30. The van der Waals surface area contributed by atoms with Gasteiger partial charge in [-0.3, -0.25) is 5.32 Å². The number of rotatable bonds is 4. The SMILES string of the molecule is COc1ccc(NC(=O)ON2CC3CCC(C2)N3c2nc(N)nc3scnc23)cc1. The number of methoxy groups -OCH3 is 1. The molecule has 1 amide bonds. The van der Waals surface area contributed by atoms with E-state index < -0.39 is 6.09 Å². The van der Waals surface area contributed by atoms with Crippen LogP contribution in [-0.4, -0.2) is 58.4 Å². The molecule has 2 aliphatic rings. The number of amides is 1. The minimum atomic E-state index is -0.513. The summed E-state index contributed by atoms with van der Waals surface area (Å²) in [5.41, 5.74) is 9.10. The van der Waals surface area contributed by atoms with Crippen molar-refractivity contribution in [2.24, 2.45) is 0 Å². The van der Waals surface area contributed by atoms with Gasteiger partial charge in [0, 0.05) is 17.8 Å². The van der Waals surface area contributed by atoms with Crippen LogP contribution in [0.2, 0.25) is 0 Å². The fourth-order valence-corrected chi connectivity index (χ4v) is 4.82. The maximum Gasteiger partial charge on any atom is 0.430 e. The second-order valence-corrected chi connectivity index (χ2v) is 8.12. The minimum absolute atomic E-state index is 0.164. The highest BCUT2D eigenvalue weighted by atomic mass is 32.1. The molecular formula is C19H21N7O3S. The van der Waals surface area contributed by atoms with Crippen LogP contribution in [0.15, 0.2) is 29.8 Å². The number of hydrogen-bond donors (Lipinski definition) is 2. The molecule has 2 saturated heterocycles. The third kappa shape index (κ3) is 3.46. The van der Waals surface area contributed by atoms with E-state index in [1.165, 1.54) is 11.3 Å². The van der Waals surface area contributed by atoms with Crippen LogP contribution in [0.3, 0.4) is 0 Å². The van der Waals surface area contributed by atoms with Gasteiger partial charge in [-0.15, -0.1) is 16.4 Å². The quantitative estimate of drug-likeness (QED) is 0.647. The zero-order valence-corrected chi connectivity index (χ0v) is 17.1. The number of nitrogens with one attached hydrogen (secondary N) is 1. The lowest BCUT2D eigenvalue weighted by atomic mass is 10.2. The van der Waals surface area contributed by atoms with Crippen molar-refractivity contribution in [3.63, 3.8) is 0 Å². The van der Waals surface area contributed by atoms with Gasteiger partial charge in [-0.1, -0.05) is 0 Å². The fraction of sp³-hybridized carbons (Fsp3) is 0.368. The summed E-state index contributed by atoms with van der Waals surface area (Å²) in [6.07, 6.45) is 1.46. The first-order chi connectivity index (χ1) is 14.6. The van der Waals surface area contributed by atoms with Gasteiger partial charge in [-0.2, -0.15) is 4.98 Å². The van der Waals surface area contributed by atoms with Crippen LogP contribution >= 0.6 is 11.3 Å². The van der Waals surface area contributed by atoms with Gasteiger partial charge < -0.3 is 20.2 Å². The number of piperazine rings is 1. The standard InChI is InChI=1S/C19H21N7O3S/c1-28-14-6-2-11(3-7-14)22-19(27)29-25-8-12-4-5-13(9-25)26(12)16-15-17(30-10-21-15)24-18(20)23-16/h2-3,6-7,10,12-13H,4-5,8-9H2,1H3,(H,22,27)(H2,20,23,24). The van der Waals surface area contributed by atoms with E-state index in [2.05, 4.69) is 25.2 Å². The van der Waals surface area contributed by atoms with E-state index in [1.54, 1.807) is 41.9 Å². The van der Waals surface area contributed by atoms with Crippen molar-refractivity contribution in [2.75, 3.05) is 36.1 Å². The highest BCUT2D eigenvalue weighted by Gasteiger charge is 2.43. The topological polar surface area (TPSA) is 119 Å². The first-order valence-corrected chi connectivity index (χ1v) is 10.5. The highest BCUT2D eigenvalue weighted by Crippen LogP contribution is 2.37. The number of thiazole rings is 1. The summed E-state index contributed by atoms with van der Waals surface area (Å²) in [5, 5.41) is 4.47. The normalized spacial score (nSPS) is 21.0. The molecule has 2 unspecified atom stereocenters. The maximum atomic E-state index is 12.3. The molecule has 2 atom stereocenters. The number of nitrogens with zero attached hydrogens (tertiary/aromatic N) is 5. The van der Waals surface area contributed by atoms with E-state index in [4.69, 9.17) is 15.3 Å². The predicted molar refractivity (Wildman–Crippen MR) is 114 cm³/mol. The number of nitrogen functional groups attached to an aromatic ring is 1. The van der Waals surface area contributed by atoms with Crippen molar-refractivity contribution < 1.29 is 14.4 Å². The van der Waals surface area contributed by atoms with E-state index in [0.717, 1.165) is 34.8 Å². The Morgan fingerprint density at radius 3 is 2.63 bits per heavy atom. The number of nitrogens with two attached hydrogens (primary N) is 1. The Morgan fingerprint density at radius 2 is 1.93 bits per heavy atom. The molecule has 4 heterocycles. The van der Waals surface area contributed by atoms with Crippen LogP contribution in [0.25, 0.3) is 10.3 Å². The lowest BCUT2D eigenvalue weighted by Crippen LogP contribution is -2.54. The average molecular weight is 427 g/mol. The number of fused-ring (bicyclic) bond motifs is 3. The number of anilines is 3. The van der Waals surface area contributed by atoms with E-state index >= 15 is 0 Å². The van der Waals surface area contributed by atoms with Crippen molar-refractivity contribution >= 4 is 45.2 Å². The number of ether oxygens (including phenoxy) is 1. The Morgan fingerprint density at radius 1 is 1.20 bits per heavy atom. The van der Waals surface area contributed by atoms with Crippen molar-refractivity contribution in [3.05, 3.63) is 29.8 Å². The van der Waals surface area contributed by atoms with Crippen molar-refractivity contribution in [1.82, 2.24) is 20.0 Å². The third-order valence-electron chi connectivity index (χ3n) is 5.44. The minimum Gasteiger partial charge on any atom is -0.497 e. The molecule has 3 N–H and O–H groups in total. The molecule has 156 valence electrons. The van der Waals surface area contributed by atoms with Crippen LogP contribution in [0, 0.1) is 0 Å². The van der Waals surface area contributed by atoms with Crippen LogP contribution in [0.5, 0.6) is 5.75 Å². The van der Waals surface area contributed by atoms with Gasteiger partial charge in [-0.25, -0.2) is 14.8 Å². The van der Waals surface area contributed by atoms with Crippen molar-refractivity contribution in [3.8, 4) is 5.75 Å². The molecule has 11 heteroatoms. The van der Waals surface area contributed by atoms with Crippen LogP contribution < -0.4 is 20.7 Å². The molecule has 10 nitrogen and oxygen atoms in total. The summed E-state index contributed by atoms with van der Waals surface area (Å²) in [7, 11) is 1.60. The Balaban J connectivity index is 1.27. The van der Waals surface area contributed by atoms with Crippen LogP contribution in [0.4, 0.5) is 22.2 Å². The van der Waals surface area contributed by atoms with Gasteiger partial charge >= 0.3 is 6.09 Å². The summed E-state index contributed by atoms with van der Waals surface area (Å²) >= 11 is 1.45. The molecule has 1 aromatic carbocycles. The second-order valence-electron chi connectivity index (χ2n) is 7.28. The molecule has 0 aliphatic carbocycles. The molecule has 2 aromatic heterocycles. The number of carbonyl (C=O) groups is 1. The molecule has 0 saturated carbocycles. The number of hydroxylamine groups is 2. The summed E-state index contributed by atoms with van der Waals surface area (Å²) in [5.74, 6) is 1.74. The van der Waals surface area contributed by atoms with Gasteiger partial charge in [0.2, 0.25) is 5.95 Å². The Kier molecular flexibility index (Phi) is 4.75. The number of carbonyl (C=O) groups excluding carboxylic acids is 1. The lowest BCUT2D eigenvalue weighted by Gasteiger charge is -2.40. The van der Waals surface area contributed by atoms with Crippen LogP contribution in [-0.2, 0) is 4.84 Å². The Hall–Kier alpha value is -3.18. The summed E-state index contributed by atoms with van der Waals surface area (Å²) in [4.78, 5) is 34.1. The van der Waals surface area contributed by atoms with E-state index in [1.807, 2.05) is 0 Å². The molecule has 0 spiro atoms. The van der Waals surface area contributed by atoms with Gasteiger partial charge in [0.1, 0.15) is 11.3 Å². The monoisotopic (exact) mass is 427 g/mol. The van der Waals surface area contributed by atoms with Gasteiger partial charge in [0.25, 0.3) is 0 Å². The molecule has 0 radical (unpaired) electrons. The van der Waals surface area contributed by atoms with Crippen molar-refractivity contribution in [2.45, 2.75) is 24.9 Å². The van der Waals surface area contributed by atoms with E-state index in [-0.39, 0.29) is 18.0 Å². The summed E-state index contributed by atoms with van der Waals surface area (Å²) < 4.78 is 5.12. The zero-order chi connectivity index (χ0) is 20.7. The Labute approximate surface area is 176 Å². The molecule has 2 bridgehead atoms. The van der Waals surface area contributed by atoms with Gasteiger partial charge in [0.15, 0.2) is 10.6 Å². The molecule has 2 aliphatic heterocycles. The van der Waals surface area contributed by atoms with Gasteiger partial charge in [0.05, 0.1) is 25.7 Å². The Bertz CT molecular complexity index is 1060. The number of aromatic nitrogens is 3. The zero-order valence-electron chi connectivity index (χ0n) is 16.3. The smallest absolute Gasteiger partial charge is 0.430 e. The largest absolute Gasteiger partial charge is 0.497 e. The summed E-state index contributed by atoms with van der Waals surface area (Å²) in [6.45, 7) is 1.17. The maximum absolute atomic E-state index is 12.3. The van der Waals surface area contributed by atoms with Crippen LogP contribution in [0.1, 0.15) is 12.8 Å². The molecule has 3 aromatic rings. The summed E-state index contributed by atoms with van der Waals surface area (Å²) in [6, 6.07) is 7.41. The second kappa shape index (κ2) is 7.58. The van der Waals surface area contributed by atoms with E-state index in [0.29, 0.717) is 18.8 Å². The predicted octanol–water partition coefficient (Wildman–Crippen LogP) is 2.49. The third-order valence-corrected chi connectivity index (χ3v) is 6.16. The number of hydrogen-bond acceptors (Lipinski definition) is 10. The molecule has 30 heavy (non-hydrogen) atoms. The molecular weight excluding hydrogens is 406 g/mol. The first kappa shape index (κ1) is 18.8. The lowest BCUT2D eigenvalue weighted by molar-refractivity contribution is -0.106. The molecule has 2 fully saturated rings. The fourth-order valence-electron chi connectivity index (χ4n) is 4.16.